The first-order chi connectivity index (χ1) is 12.6. The molecule has 26 heavy (non-hydrogen) atoms. The highest BCUT2D eigenvalue weighted by atomic mass is 15.1. The van der Waals surface area contributed by atoms with Crippen LogP contribution < -0.4 is 11.1 Å². The SMILES string of the molecule is CCc1cccc(CC)c1NC(N)=NCCc1cn2cccc(C)c2n1. The molecule has 136 valence electrons. The van der Waals surface area contributed by atoms with E-state index in [4.69, 9.17) is 5.73 Å². The maximum atomic E-state index is 6.13. The average Bonchev–Trinajstić information content (AvgIpc) is 3.06. The zero-order chi connectivity index (χ0) is 18.5. The molecule has 0 spiro atoms. The molecule has 0 fully saturated rings. The van der Waals surface area contributed by atoms with E-state index in [1.54, 1.807) is 0 Å². The van der Waals surface area contributed by atoms with Crippen LogP contribution in [0.4, 0.5) is 5.69 Å². The monoisotopic (exact) mass is 349 g/mol. The van der Waals surface area contributed by atoms with Gasteiger partial charge in [-0.3, -0.25) is 4.99 Å². The molecule has 0 aliphatic rings. The fourth-order valence-corrected chi connectivity index (χ4v) is 3.19. The molecule has 0 atom stereocenters. The summed E-state index contributed by atoms with van der Waals surface area (Å²) in [6, 6.07) is 10.5. The Hall–Kier alpha value is -2.82. The molecule has 3 aromatic rings. The number of nitrogens with two attached hydrogens (primary N) is 1. The van der Waals surface area contributed by atoms with E-state index < -0.39 is 0 Å². The van der Waals surface area contributed by atoms with Crippen molar-refractivity contribution in [1.29, 1.82) is 0 Å². The topological polar surface area (TPSA) is 67.7 Å². The number of rotatable bonds is 6. The number of hydrogen-bond acceptors (Lipinski definition) is 2. The summed E-state index contributed by atoms with van der Waals surface area (Å²) in [7, 11) is 0. The minimum atomic E-state index is 0.459. The van der Waals surface area contributed by atoms with Crippen LogP contribution in [-0.2, 0) is 19.3 Å². The van der Waals surface area contributed by atoms with Crippen molar-refractivity contribution in [2.75, 3.05) is 11.9 Å². The molecule has 2 aromatic heterocycles. The van der Waals surface area contributed by atoms with Gasteiger partial charge in [0.2, 0.25) is 0 Å². The Morgan fingerprint density at radius 2 is 1.88 bits per heavy atom. The molecule has 2 heterocycles. The van der Waals surface area contributed by atoms with Crippen molar-refractivity contribution >= 4 is 17.3 Å². The lowest BCUT2D eigenvalue weighted by molar-refractivity contribution is 0.933. The van der Waals surface area contributed by atoms with Gasteiger partial charge in [-0.05, 0) is 42.5 Å². The third kappa shape index (κ3) is 3.87. The number of nitrogens with one attached hydrogen (secondary N) is 1. The molecule has 1 aromatic carbocycles. The molecule has 0 amide bonds. The molecule has 3 N–H and O–H groups in total. The number of pyridine rings is 1. The smallest absolute Gasteiger partial charge is 0.193 e. The number of nitrogens with zero attached hydrogens (tertiary/aromatic N) is 3. The van der Waals surface area contributed by atoms with Crippen molar-refractivity contribution in [3.05, 3.63) is 65.1 Å². The molecular formula is C21H27N5. The number of aliphatic imine (C=N–C) groups is 1. The normalized spacial score (nSPS) is 11.9. The Morgan fingerprint density at radius 3 is 2.54 bits per heavy atom. The number of aryl methyl sites for hydroxylation is 3. The fraction of sp³-hybridized carbons (Fsp3) is 0.333. The summed E-state index contributed by atoms with van der Waals surface area (Å²) >= 11 is 0. The van der Waals surface area contributed by atoms with Gasteiger partial charge in [0.15, 0.2) is 5.96 Å². The Labute approximate surface area is 155 Å². The first-order valence-corrected chi connectivity index (χ1v) is 9.23. The molecule has 0 aliphatic carbocycles. The van der Waals surface area contributed by atoms with Gasteiger partial charge in [0.1, 0.15) is 5.65 Å². The van der Waals surface area contributed by atoms with Crippen molar-refractivity contribution in [2.24, 2.45) is 10.7 Å². The van der Waals surface area contributed by atoms with Gasteiger partial charge in [-0.2, -0.15) is 0 Å². The number of para-hydroxylation sites is 1. The summed E-state index contributed by atoms with van der Waals surface area (Å²) < 4.78 is 2.06. The summed E-state index contributed by atoms with van der Waals surface area (Å²) in [5.41, 5.74) is 13.0. The predicted molar refractivity (Wildman–Crippen MR) is 109 cm³/mol. The zero-order valence-corrected chi connectivity index (χ0v) is 15.8. The lowest BCUT2D eigenvalue weighted by Gasteiger charge is -2.14. The third-order valence-corrected chi connectivity index (χ3v) is 4.63. The number of hydrogen-bond donors (Lipinski definition) is 2. The largest absolute Gasteiger partial charge is 0.370 e. The Kier molecular flexibility index (Phi) is 5.56. The zero-order valence-electron chi connectivity index (χ0n) is 15.8. The maximum Gasteiger partial charge on any atom is 0.193 e. The molecule has 0 unspecified atom stereocenters. The number of aromatic nitrogens is 2. The molecule has 0 bridgehead atoms. The van der Waals surface area contributed by atoms with Crippen molar-refractivity contribution < 1.29 is 0 Å². The second kappa shape index (κ2) is 8.04. The molecular weight excluding hydrogens is 322 g/mol. The third-order valence-electron chi connectivity index (χ3n) is 4.63. The van der Waals surface area contributed by atoms with E-state index in [1.807, 2.05) is 12.3 Å². The molecule has 0 saturated carbocycles. The van der Waals surface area contributed by atoms with Crippen LogP contribution in [0.15, 0.2) is 47.7 Å². The number of anilines is 1. The Morgan fingerprint density at radius 1 is 1.15 bits per heavy atom. The molecule has 5 nitrogen and oxygen atoms in total. The molecule has 5 heteroatoms. The van der Waals surface area contributed by atoms with Crippen LogP contribution in [0.1, 0.15) is 36.2 Å². The first kappa shape index (κ1) is 18.0. The van der Waals surface area contributed by atoms with Gasteiger partial charge in [-0.25, -0.2) is 4.98 Å². The number of benzene rings is 1. The second-order valence-corrected chi connectivity index (χ2v) is 6.45. The fourth-order valence-electron chi connectivity index (χ4n) is 3.19. The van der Waals surface area contributed by atoms with Crippen LogP contribution in [0.5, 0.6) is 0 Å². The van der Waals surface area contributed by atoms with E-state index in [0.29, 0.717) is 12.5 Å². The maximum absolute atomic E-state index is 6.13. The first-order valence-electron chi connectivity index (χ1n) is 9.23. The summed E-state index contributed by atoms with van der Waals surface area (Å²) in [6.45, 7) is 6.98. The number of guanidine groups is 1. The van der Waals surface area contributed by atoms with Gasteiger partial charge >= 0.3 is 0 Å². The number of fused-ring (bicyclic) bond motifs is 1. The lowest BCUT2D eigenvalue weighted by atomic mass is 10.0. The highest BCUT2D eigenvalue weighted by Gasteiger charge is 2.07. The van der Waals surface area contributed by atoms with Gasteiger partial charge in [-0.15, -0.1) is 0 Å². The van der Waals surface area contributed by atoms with Crippen molar-refractivity contribution in [2.45, 2.75) is 40.0 Å². The molecule has 3 rings (SSSR count). The van der Waals surface area contributed by atoms with E-state index in [-0.39, 0.29) is 0 Å². The summed E-state index contributed by atoms with van der Waals surface area (Å²) in [5.74, 6) is 0.459. The van der Waals surface area contributed by atoms with Crippen LogP contribution in [0.25, 0.3) is 5.65 Å². The standard InChI is InChI=1S/C21H27N5/c1-4-16-9-6-10-17(5-2)19(16)25-21(22)23-12-11-18-14-26-13-7-8-15(3)20(26)24-18/h6-10,13-14H,4-5,11-12H2,1-3H3,(H3,22,23,25). The quantitative estimate of drug-likeness (QED) is 0.526. The van der Waals surface area contributed by atoms with Crippen LogP contribution in [-0.4, -0.2) is 21.9 Å². The van der Waals surface area contributed by atoms with Crippen molar-refractivity contribution in [3.8, 4) is 0 Å². The van der Waals surface area contributed by atoms with Crippen LogP contribution in [0.2, 0.25) is 0 Å². The highest BCUT2D eigenvalue weighted by molar-refractivity contribution is 5.93. The van der Waals surface area contributed by atoms with Gasteiger partial charge in [0.05, 0.1) is 5.69 Å². The highest BCUT2D eigenvalue weighted by Crippen LogP contribution is 2.22. The van der Waals surface area contributed by atoms with Crippen molar-refractivity contribution in [3.63, 3.8) is 0 Å². The molecule has 0 aliphatic heterocycles. The van der Waals surface area contributed by atoms with Crippen molar-refractivity contribution in [1.82, 2.24) is 9.38 Å². The van der Waals surface area contributed by atoms with E-state index in [9.17, 15) is 0 Å². The van der Waals surface area contributed by atoms with Crippen LogP contribution >= 0.6 is 0 Å². The molecule has 0 radical (unpaired) electrons. The second-order valence-electron chi connectivity index (χ2n) is 6.45. The summed E-state index contributed by atoms with van der Waals surface area (Å²) in [5, 5.41) is 3.31. The van der Waals surface area contributed by atoms with Gasteiger partial charge < -0.3 is 15.5 Å². The summed E-state index contributed by atoms with van der Waals surface area (Å²) in [4.78, 5) is 9.17. The molecule has 0 saturated heterocycles. The van der Waals surface area contributed by atoms with Gasteiger partial charge in [0, 0.05) is 31.0 Å². The van der Waals surface area contributed by atoms with E-state index in [0.717, 1.165) is 36.3 Å². The van der Waals surface area contributed by atoms with E-state index in [2.05, 4.69) is 70.9 Å². The minimum Gasteiger partial charge on any atom is -0.370 e. The van der Waals surface area contributed by atoms with E-state index in [1.165, 1.54) is 16.7 Å². The van der Waals surface area contributed by atoms with Gasteiger partial charge in [-0.1, -0.05) is 38.1 Å². The van der Waals surface area contributed by atoms with Crippen LogP contribution in [0, 0.1) is 6.92 Å². The van der Waals surface area contributed by atoms with E-state index >= 15 is 0 Å². The lowest BCUT2D eigenvalue weighted by Crippen LogP contribution is -2.24. The van der Waals surface area contributed by atoms with Gasteiger partial charge in [0.25, 0.3) is 0 Å². The van der Waals surface area contributed by atoms with Crippen LogP contribution in [0.3, 0.4) is 0 Å². The Bertz CT molecular complexity index is 901. The predicted octanol–water partition coefficient (Wildman–Crippen LogP) is 3.74. The Balaban J connectivity index is 1.68. The number of imidazole rings is 1. The summed E-state index contributed by atoms with van der Waals surface area (Å²) in [6.07, 6.45) is 6.77. The average molecular weight is 349 g/mol. The minimum absolute atomic E-state index is 0.459.